The quantitative estimate of drug-likeness (QED) is 0.891. The van der Waals surface area contributed by atoms with E-state index in [1.807, 2.05) is 0 Å². The second-order valence-electron chi connectivity index (χ2n) is 4.51. The van der Waals surface area contributed by atoms with E-state index in [-0.39, 0.29) is 5.75 Å². The number of carbonyl (C=O) groups is 1. The number of hydrogen-bond donors (Lipinski definition) is 1. The molecule has 0 aliphatic heterocycles. The molecule has 0 fully saturated rings. The van der Waals surface area contributed by atoms with Gasteiger partial charge in [0.05, 0.1) is 13.3 Å². The Morgan fingerprint density at radius 2 is 2.09 bits per heavy atom. The van der Waals surface area contributed by atoms with Crippen molar-refractivity contribution in [2.45, 2.75) is 19.4 Å². The number of aromatic nitrogens is 1. The number of anilines is 1. The van der Waals surface area contributed by atoms with Crippen LogP contribution >= 0.6 is 0 Å². The van der Waals surface area contributed by atoms with Crippen LogP contribution in [0.25, 0.3) is 0 Å². The summed E-state index contributed by atoms with van der Waals surface area (Å²) >= 11 is 0. The van der Waals surface area contributed by atoms with E-state index in [9.17, 15) is 9.18 Å². The van der Waals surface area contributed by atoms with Crippen molar-refractivity contribution < 1.29 is 18.7 Å². The smallest absolute Gasteiger partial charge is 0.265 e. The normalized spacial score (nSPS) is 11.6. The van der Waals surface area contributed by atoms with Crippen LogP contribution in [0.2, 0.25) is 0 Å². The van der Waals surface area contributed by atoms with Crippen molar-refractivity contribution in [1.82, 2.24) is 4.98 Å². The van der Waals surface area contributed by atoms with Crippen LogP contribution in [0.4, 0.5) is 10.1 Å². The van der Waals surface area contributed by atoms with Gasteiger partial charge in [-0.05, 0) is 18.6 Å². The van der Waals surface area contributed by atoms with Gasteiger partial charge >= 0.3 is 0 Å². The van der Waals surface area contributed by atoms with Crippen molar-refractivity contribution in [2.24, 2.45) is 0 Å². The van der Waals surface area contributed by atoms with Gasteiger partial charge in [-0.15, -0.1) is 0 Å². The number of ether oxygens (including phenoxy) is 2. The van der Waals surface area contributed by atoms with Gasteiger partial charge < -0.3 is 14.8 Å². The summed E-state index contributed by atoms with van der Waals surface area (Å²) in [6, 6.07) is 7.60. The highest BCUT2D eigenvalue weighted by atomic mass is 19.1. The van der Waals surface area contributed by atoms with Crippen molar-refractivity contribution in [3.8, 4) is 11.5 Å². The molecule has 5 nitrogen and oxygen atoms in total. The molecule has 0 aliphatic carbocycles. The standard InChI is InChI=1S/C16H17FN2O3/c1-3-13(22-14-7-5-4-6-11(14)17)16(20)19-12-10-18-9-8-15(12)21-2/h4-10,13H,3H2,1-2H3,(H,19,20). The first-order valence-electron chi connectivity index (χ1n) is 6.85. The number of amides is 1. The van der Waals surface area contributed by atoms with Gasteiger partial charge in [-0.1, -0.05) is 19.1 Å². The number of benzene rings is 1. The van der Waals surface area contributed by atoms with Crippen LogP contribution in [0.15, 0.2) is 42.7 Å². The number of hydrogen-bond acceptors (Lipinski definition) is 4. The Kier molecular flexibility index (Phi) is 5.30. The zero-order valence-corrected chi connectivity index (χ0v) is 12.4. The molecule has 116 valence electrons. The third-order valence-corrected chi connectivity index (χ3v) is 3.03. The average Bonchev–Trinajstić information content (AvgIpc) is 2.54. The van der Waals surface area contributed by atoms with Crippen LogP contribution < -0.4 is 14.8 Å². The Bertz CT molecular complexity index is 649. The predicted octanol–water partition coefficient (Wildman–Crippen LogP) is 3.03. The SMILES string of the molecule is CCC(Oc1ccccc1F)C(=O)Nc1cnccc1OC. The number of para-hydroxylation sites is 1. The zero-order valence-electron chi connectivity index (χ0n) is 12.4. The fraction of sp³-hybridized carbons (Fsp3) is 0.250. The van der Waals surface area contributed by atoms with Crippen LogP contribution in [0.3, 0.4) is 0 Å². The molecule has 0 aliphatic rings. The molecular formula is C16H17FN2O3. The van der Waals surface area contributed by atoms with Crippen LogP contribution in [0.5, 0.6) is 11.5 Å². The van der Waals surface area contributed by atoms with E-state index in [0.717, 1.165) is 0 Å². The monoisotopic (exact) mass is 304 g/mol. The lowest BCUT2D eigenvalue weighted by molar-refractivity contribution is -0.122. The van der Waals surface area contributed by atoms with Crippen molar-refractivity contribution in [1.29, 1.82) is 0 Å². The number of methoxy groups -OCH3 is 1. The first kappa shape index (κ1) is 15.8. The molecule has 2 aromatic rings. The topological polar surface area (TPSA) is 60.5 Å². The molecule has 2 rings (SSSR count). The Morgan fingerprint density at radius 3 is 2.77 bits per heavy atom. The van der Waals surface area contributed by atoms with Gasteiger partial charge in [-0.25, -0.2) is 4.39 Å². The summed E-state index contributed by atoms with van der Waals surface area (Å²) in [5.41, 5.74) is 0.436. The van der Waals surface area contributed by atoms with Crippen molar-refractivity contribution in [3.63, 3.8) is 0 Å². The van der Waals surface area contributed by atoms with Crippen LogP contribution in [0.1, 0.15) is 13.3 Å². The van der Waals surface area contributed by atoms with Crippen LogP contribution in [-0.2, 0) is 4.79 Å². The largest absolute Gasteiger partial charge is 0.494 e. The molecule has 6 heteroatoms. The van der Waals surface area contributed by atoms with Crippen molar-refractivity contribution in [3.05, 3.63) is 48.5 Å². The minimum absolute atomic E-state index is 0.0441. The molecule has 1 N–H and O–H groups in total. The van der Waals surface area contributed by atoms with E-state index < -0.39 is 17.8 Å². The number of nitrogens with one attached hydrogen (secondary N) is 1. The number of halogens is 1. The Morgan fingerprint density at radius 1 is 1.32 bits per heavy atom. The summed E-state index contributed by atoms with van der Waals surface area (Å²) in [5, 5.41) is 2.68. The van der Waals surface area contributed by atoms with Crippen LogP contribution in [0, 0.1) is 5.82 Å². The Labute approximate surface area is 128 Å². The van der Waals surface area contributed by atoms with Gasteiger partial charge in [0.1, 0.15) is 11.4 Å². The third-order valence-electron chi connectivity index (χ3n) is 3.03. The minimum atomic E-state index is -0.818. The second-order valence-corrected chi connectivity index (χ2v) is 4.51. The highest BCUT2D eigenvalue weighted by Gasteiger charge is 2.21. The molecule has 0 spiro atoms. The highest BCUT2D eigenvalue weighted by molar-refractivity contribution is 5.95. The number of pyridine rings is 1. The van der Waals surface area contributed by atoms with E-state index in [1.165, 1.54) is 25.4 Å². The lowest BCUT2D eigenvalue weighted by Crippen LogP contribution is -2.32. The van der Waals surface area contributed by atoms with Gasteiger partial charge in [0.2, 0.25) is 0 Å². The molecular weight excluding hydrogens is 287 g/mol. The van der Waals surface area contributed by atoms with Gasteiger partial charge in [-0.2, -0.15) is 0 Å². The number of carbonyl (C=O) groups excluding carboxylic acids is 1. The molecule has 0 radical (unpaired) electrons. The summed E-state index contributed by atoms with van der Waals surface area (Å²) in [5.74, 6) is -0.364. The molecule has 1 aromatic carbocycles. The van der Waals surface area contributed by atoms with Gasteiger partial charge in [-0.3, -0.25) is 9.78 Å². The van der Waals surface area contributed by atoms with Gasteiger partial charge in [0.25, 0.3) is 5.91 Å². The molecule has 1 unspecified atom stereocenters. The fourth-order valence-electron chi connectivity index (χ4n) is 1.88. The lowest BCUT2D eigenvalue weighted by Gasteiger charge is -2.18. The molecule has 1 atom stereocenters. The molecule has 0 bridgehead atoms. The molecule has 1 heterocycles. The summed E-state index contributed by atoms with van der Waals surface area (Å²) in [6.45, 7) is 1.78. The third kappa shape index (κ3) is 3.72. The summed E-state index contributed by atoms with van der Waals surface area (Å²) in [6.07, 6.45) is 2.61. The molecule has 1 aromatic heterocycles. The Balaban J connectivity index is 2.11. The van der Waals surface area contributed by atoms with E-state index >= 15 is 0 Å². The molecule has 0 saturated carbocycles. The maximum atomic E-state index is 13.6. The predicted molar refractivity (Wildman–Crippen MR) is 80.5 cm³/mol. The van der Waals surface area contributed by atoms with E-state index in [4.69, 9.17) is 9.47 Å². The number of nitrogens with zero attached hydrogens (tertiary/aromatic N) is 1. The average molecular weight is 304 g/mol. The summed E-state index contributed by atoms with van der Waals surface area (Å²) in [4.78, 5) is 16.2. The van der Waals surface area contributed by atoms with Crippen molar-refractivity contribution >= 4 is 11.6 Å². The maximum Gasteiger partial charge on any atom is 0.265 e. The van der Waals surface area contributed by atoms with Crippen molar-refractivity contribution in [2.75, 3.05) is 12.4 Å². The molecule has 1 amide bonds. The first-order valence-corrected chi connectivity index (χ1v) is 6.85. The lowest BCUT2D eigenvalue weighted by atomic mass is 10.2. The van der Waals surface area contributed by atoms with Gasteiger partial charge in [0, 0.05) is 12.3 Å². The summed E-state index contributed by atoms with van der Waals surface area (Å²) < 4.78 is 24.2. The van der Waals surface area contributed by atoms with E-state index in [0.29, 0.717) is 17.9 Å². The Hall–Kier alpha value is -2.63. The molecule has 22 heavy (non-hydrogen) atoms. The van der Waals surface area contributed by atoms with E-state index in [2.05, 4.69) is 10.3 Å². The fourth-order valence-corrected chi connectivity index (χ4v) is 1.88. The molecule has 0 saturated heterocycles. The zero-order chi connectivity index (χ0) is 15.9. The minimum Gasteiger partial charge on any atom is -0.494 e. The van der Waals surface area contributed by atoms with Gasteiger partial charge in [0.15, 0.2) is 17.7 Å². The summed E-state index contributed by atoms with van der Waals surface area (Å²) in [7, 11) is 1.50. The maximum absolute atomic E-state index is 13.6. The number of rotatable bonds is 6. The second kappa shape index (κ2) is 7.40. The first-order chi connectivity index (χ1) is 10.7. The van der Waals surface area contributed by atoms with Crippen LogP contribution in [-0.4, -0.2) is 24.1 Å². The van der Waals surface area contributed by atoms with E-state index in [1.54, 1.807) is 31.3 Å². The highest BCUT2D eigenvalue weighted by Crippen LogP contribution is 2.23.